The minimum atomic E-state index is -0.0101. The monoisotopic (exact) mass is 373 g/mol. The highest BCUT2D eigenvalue weighted by Crippen LogP contribution is 2.51. The maximum atomic E-state index is 10.4. The fourth-order valence-corrected chi connectivity index (χ4v) is 5.51. The summed E-state index contributed by atoms with van der Waals surface area (Å²) < 4.78 is 1.91. The first-order valence-electron chi connectivity index (χ1n) is 10.3. The standard InChI is InChI=1S/C24H27N3O/c28-18-24(15-19-6-2-1-3-7-19)16-22-10-11-23(24)26(22)17-20-8-4-9-21(14-20)27-13-5-12-25-27/h1-9,12-14,22-23,28H,10-11,15-18H2/t22-,23+,24-/m0/s1. The Kier molecular flexibility index (Phi) is 4.53. The predicted octanol–water partition coefficient (Wildman–Crippen LogP) is 3.83. The lowest BCUT2D eigenvalue weighted by Gasteiger charge is -2.36. The second-order valence-corrected chi connectivity index (χ2v) is 8.43. The predicted molar refractivity (Wildman–Crippen MR) is 110 cm³/mol. The third-order valence-corrected chi connectivity index (χ3v) is 6.75. The lowest BCUT2D eigenvalue weighted by Crippen LogP contribution is -2.41. The smallest absolute Gasteiger partial charge is 0.0648 e. The molecule has 0 aliphatic carbocycles. The van der Waals surface area contributed by atoms with Crippen LogP contribution in [0.4, 0.5) is 0 Å². The molecular formula is C24H27N3O. The number of aliphatic hydroxyl groups is 1. The van der Waals surface area contributed by atoms with Gasteiger partial charge < -0.3 is 5.11 Å². The molecule has 144 valence electrons. The Labute approximate surface area is 166 Å². The maximum absolute atomic E-state index is 10.4. The van der Waals surface area contributed by atoms with E-state index < -0.39 is 0 Å². The van der Waals surface area contributed by atoms with Crippen LogP contribution in [0.25, 0.3) is 5.69 Å². The minimum absolute atomic E-state index is 0.0101. The van der Waals surface area contributed by atoms with E-state index >= 15 is 0 Å². The molecule has 3 aromatic rings. The Balaban J connectivity index is 1.38. The van der Waals surface area contributed by atoms with Crippen molar-refractivity contribution in [3.8, 4) is 5.69 Å². The van der Waals surface area contributed by atoms with Gasteiger partial charge in [0.15, 0.2) is 0 Å². The highest BCUT2D eigenvalue weighted by Gasteiger charge is 2.55. The molecule has 0 saturated carbocycles. The molecule has 3 heterocycles. The van der Waals surface area contributed by atoms with E-state index in [1.807, 2.05) is 23.1 Å². The SMILES string of the molecule is OC[C@]1(Cc2ccccc2)C[C@@H]2CC[C@H]1N2Cc1cccc(-n2cccn2)c1. The summed E-state index contributed by atoms with van der Waals surface area (Å²) in [6.45, 7) is 1.22. The van der Waals surface area contributed by atoms with E-state index in [1.54, 1.807) is 0 Å². The van der Waals surface area contributed by atoms with Crippen LogP contribution in [0.1, 0.15) is 30.4 Å². The second kappa shape index (κ2) is 7.19. The molecule has 1 N–H and O–H groups in total. The fraction of sp³-hybridized carbons (Fsp3) is 0.375. The van der Waals surface area contributed by atoms with E-state index in [1.165, 1.54) is 24.0 Å². The van der Waals surface area contributed by atoms with Gasteiger partial charge >= 0.3 is 0 Å². The molecule has 0 amide bonds. The molecule has 2 aliphatic heterocycles. The van der Waals surface area contributed by atoms with E-state index in [0.29, 0.717) is 12.1 Å². The molecule has 5 rings (SSSR count). The van der Waals surface area contributed by atoms with Crippen LogP contribution < -0.4 is 0 Å². The molecule has 2 aromatic carbocycles. The Bertz CT molecular complexity index is 924. The third kappa shape index (κ3) is 3.07. The van der Waals surface area contributed by atoms with Crippen LogP contribution in [-0.4, -0.2) is 38.5 Å². The van der Waals surface area contributed by atoms with Crippen LogP contribution in [0.3, 0.4) is 0 Å². The summed E-state index contributed by atoms with van der Waals surface area (Å²) in [7, 11) is 0. The van der Waals surface area contributed by atoms with E-state index in [2.05, 4.69) is 64.6 Å². The van der Waals surface area contributed by atoms with Crippen molar-refractivity contribution < 1.29 is 5.11 Å². The van der Waals surface area contributed by atoms with Crippen molar-refractivity contribution in [3.63, 3.8) is 0 Å². The van der Waals surface area contributed by atoms with Crippen molar-refractivity contribution in [3.05, 3.63) is 84.2 Å². The zero-order chi connectivity index (χ0) is 19.0. The van der Waals surface area contributed by atoms with Gasteiger partial charge in [-0.15, -0.1) is 0 Å². The summed E-state index contributed by atoms with van der Waals surface area (Å²) in [5, 5.41) is 14.8. The van der Waals surface area contributed by atoms with Crippen molar-refractivity contribution in [2.75, 3.05) is 6.61 Å². The normalized spacial score (nSPS) is 26.8. The molecule has 2 aliphatic rings. The fourth-order valence-electron chi connectivity index (χ4n) is 5.51. The van der Waals surface area contributed by atoms with E-state index in [9.17, 15) is 5.11 Å². The van der Waals surface area contributed by atoms with Crippen molar-refractivity contribution in [1.82, 2.24) is 14.7 Å². The summed E-state index contributed by atoms with van der Waals surface area (Å²) in [6, 6.07) is 22.3. The molecule has 2 saturated heterocycles. The van der Waals surface area contributed by atoms with Crippen molar-refractivity contribution in [2.24, 2.45) is 5.41 Å². The van der Waals surface area contributed by atoms with Crippen molar-refractivity contribution >= 4 is 0 Å². The van der Waals surface area contributed by atoms with Gasteiger partial charge in [0.05, 0.1) is 12.3 Å². The molecule has 0 unspecified atom stereocenters. The van der Waals surface area contributed by atoms with Crippen LogP contribution in [0, 0.1) is 5.41 Å². The van der Waals surface area contributed by atoms with Crippen LogP contribution >= 0.6 is 0 Å². The van der Waals surface area contributed by atoms with Gasteiger partial charge in [-0.2, -0.15) is 5.10 Å². The number of benzene rings is 2. The largest absolute Gasteiger partial charge is 0.396 e. The molecule has 2 bridgehead atoms. The van der Waals surface area contributed by atoms with Crippen molar-refractivity contribution in [2.45, 2.75) is 44.3 Å². The van der Waals surface area contributed by atoms with Gasteiger partial charge in [-0.05, 0) is 55.0 Å². The number of nitrogens with zero attached hydrogens (tertiary/aromatic N) is 3. The van der Waals surface area contributed by atoms with E-state index in [4.69, 9.17) is 0 Å². The van der Waals surface area contributed by atoms with Gasteiger partial charge in [0.2, 0.25) is 0 Å². The first-order valence-corrected chi connectivity index (χ1v) is 10.3. The molecule has 4 nitrogen and oxygen atoms in total. The Morgan fingerprint density at radius 3 is 2.64 bits per heavy atom. The van der Waals surface area contributed by atoms with Crippen molar-refractivity contribution in [1.29, 1.82) is 0 Å². The first-order chi connectivity index (χ1) is 13.8. The van der Waals surface area contributed by atoms with Gasteiger partial charge in [-0.25, -0.2) is 4.68 Å². The van der Waals surface area contributed by atoms with Gasteiger partial charge in [-0.3, -0.25) is 4.90 Å². The number of hydrogen-bond acceptors (Lipinski definition) is 3. The number of aliphatic hydroxyl groups excluding tert-OH is 1. The van der Waals surface area contributed by atoms with E-state index in [-0.39, 0.29) is 12.0 Å². The number of hydrogen-bond donors (Lipinski definition) is 1. The quantitative estimate of drug-likeness (QED) is 0.714. The Morgan fingerprint density at radius 2 is 1.86 bits per heavy atom. The molecule has 1 aromatic heterocycles. The zero-order valence-electron chi connectivity index (χ0n) is 16.1. The summed E-state index contributed by atoms with van der Waals surface area (Å²) in [4.78, 5) is 2.65. The summed E-state index contributed by atoms with van der Waals surface area (Å²) in [6.07, 6.45) is 8.30. The van der Waals surface area contributed by atoms with Crippen LogP contribution in [0.5, 0.6) is 0 Å². The molecule has 0 radical (unpaired) electrons. The summed E-state index contributed by atoms with van der Waals surface area (Å²) in [5.41, 5.74) is 3.75. The van der Waals surface area contributed by atoms with Crippen LogP contribution in [0.15, 0.2) is 73.1 Å². The van der Waals surface area contributed by atoms with Crippen LogP contribution in [-0.2, 0) is 13.0 Å². The average Bonchev–Trinajstić information content (AvgIpc) is 3.46. The highest BCUT2D eigenvalue weighted by molar-refractivity contribution is 5.35. The van der Waals surface area contributed by atoms with Gasteiger partial charge in [0.25, 0.3) is 0 Å². The molecular weight excluding hydrogens is 346 g/mol. The minimum Gasteiger partial charge on any atom is -0.396 e. The molecule has 0 spiro atoms. The first kappa shape index (κ1) is 17.7. The average molecular weight is 374 g/mol. The summed E-state index contributed by atoms with van der Waals surface area (Å²) >= 11 is 0. The second-order valence-electron chi connectivity index (χ2n) is 8.43. The zero-order valence-corrected chi connectivity index (χ0v) is 16.1. The molecule has 4 heteroatoms. The van der Waals surface area contributed by atoms with Gasteiger partial charge in [0.1, 0.15) is 0 Å². The molecule has 28 heavy (non-hydrogen) atoms. The van der Waals surface area contributed by atoms with E-state index in [0.717, 1.165) is 25.1 Å². The lowest BCUT2D eigenvalue weighted by atomic mass is 9.70. The number of aromatic nitrogens is 2. The van der Waals surface area contributed by atoms with Gasteiger partial charge in [-0.1, -0.05) is 42.5 Å². The van der Waals surface area contributed by atoms with Crippen LogP contribution in [0.2, 0.25) is 0 Å². The Morgan fingerprint density at radius 1 is 1.00 bits per heavy atom. The third-order valence-electron chi connectivity index (χ3n) is 6.75. The highest BCUT2D eigenvalue weighted by atomic mass is 16.3. The molecule has 2 fully saturated rings. The van der Waals surface area contributed by atoms with Gasteiger partial charge in [0, 0.05) is 36.4 Å². The summed E-state index contributed by atoms with van der Waals surface area (Å²) in [5.74, 6) is 0. The number of fused-ring (bicyclic) bond motifs is 2. The maximum Gasteiger partial charge on any atom is 0.0648 e. The topological polar surface area (TPSA) is 41.3 Å². The number of rotatable bonds is 6. The molecule has 3 atom stereocenters. The lowest BCUT2D eigenvalue weighted by molar-refractivity contribution is 0.0750. The Hall–Kier alpha value is -2.43.